The minimum absolute atomic E-state index is 0.0585. The van der Waals surface area contributed by atoms with Crippen LogP contribution >= 0.6 is 0 Å². The molecule has 1 aromatic carbocycles. The number of carbonyl (C=O) groups is 1. The molecule has 31 heavy (non-hydrogen) atoms. The molecule has 162 valence electrons. The van der Waals surface area contributed by atoms with Gasteiger partial charge in [-0.05, 0) is 49.2 Å². The zero-order valence-corrected chi connectivity index (χ0v) is 18.0. The van der Waals surface area contributed by atoms with E-state index in [0.29, 0.717) is 18.7 Å². The molecule has 1 amide bonds. The molecule has 0 unspecified atom stereocenters. The van der Waals surface area contributed by atoms with E-state index >= 15 is 0 Å². The molecule has 1 aliphatic heterocycles. The van der Waals surface area contributed by atoms with Crippen LogP contribution in [-0.4, -0.2) is 65.7 Å². The molecule has 8 nitrogen and oxygen atoms in total. The summed E-state index contributed by atoms with van der Waals surface area (Å²) in [6.45, 7) is 3.57. The summed E-state index contributed by atoms with van der Waals surface area (Å²) in [6, 6.07) is 12.2. The first-order chi connectivity index (χ1) is 15.0. The Balaban J connectivity index is 1.17. The minimum Gasteiger partial charge on any atom is -0.336 e. The van der Waals surface area contributed by atoms with E-state index in [4.69, 9.17) is 0 Å². The van der Waals surface area contributed by atoms with Gasteiger partial charge in [0.15, 0.2) is 0 Å². The number of benzene rings is 1. The maximum Gasteiger partial charge on any atom is 0.253 e. The van der Waals surface area contributed by atoms with Crippen LogP contribution in [-0.2, 0) is 16.6 Å². The SMILES string of the molecule is O=C(c1ccc(S(=O)(=O)NC2CC2)cc1)N1CCN(Cc2cn3ccccc3n2)CC1. The molecule has 9 heteroatoms. The fraction of sp³-hybridized carbons (Fsp3) is 0.364. The maximum absolute atomic E-state index is 12.9. The van der Waals surface area contributed by atoms with E-state index in [9.17, 15) is 13.2 Å². The molecule has 5 rings (SSSR count). The molecule has 2 aliphatic rings. The van der Waals surface area contributed by atoms with Gasteiger partial charge >= 0.3 is 0 Å². The van der Waals surface area contributed by atoms with Crippen molar-refractivity contribution in [1.29, 1.82) is 0 Å². The van der Waals surface area contributed by atoms with E-state index in [1.165, 1.54) is 12.1 Å². The van der Waals surface area contributed by atoms with Gasteiger partial charge in [-0.15, -0.1) is 0 Å². The van der Waals surface area contributed by atoms with Gasteiger partial charge in [0.1, 0.15) is 5.65 Å². The number of sulfonamides is 1. The molecule has 2 fully saturated rings. The third-order valence-corrected chi connectivity index (χ3v) is 7.31. The lowest BCUT2D eigenvalue weighted by molar-refractivity contribution is 0.0627. The lowest BCUT2D eigenvalue weighted by Gasteiger charge is -2.34. The molecule has 0 atom stereocenters. The molecular weight excluding hydrogens is 414 g/mol. The van der Waals surface area contributed by atoms with Crippen molar-refractivity contribution in [3.8, 4) is 0 Å². The highest BCUT2D eigenvalue weighted by molar-refractivity contribution is 7.89. The van der Waals surface area contributed by atoms with Crippen molar-refractivity contribution in [1.82, 2.24) is 23.9 Å². The van der Waals surface area contributed by atoms with Crippen LogP contribution in [0.4, 0.5) is 0 Å². The lowest BCUT2D eigenvalue weighted by atomic mass is 10.2. The van der Waals surface area contributed by atoms with Crippen LogP contribution in [0.1, 0.15) is 28.9 Å². The Kier molecular flexibility index (Phi) is 5.25. The summed E-state index contributed by atoms with van der Waals surface area (Å²) >= 11 is 0. The first kappa shape index (κ1) is 20.2. The van der Waals surface area contributed by atoms with Gasteiger partial charge in [0.2, 0.25) is 10.0 Å². The Morgan fingerprint density at radius 2 is 1.77 bits per heavy atom. The summed E-state index contributed by atoms with van der Waals surface area (Å²) in [7, 11) is -3.50. The average molecular weight is 440 g/mol. The van der Waals surface area contributed by atoms with E-state index in [-0.39, 0.29) is 16.8 Å². The molecule has 0 bridgehead atoms. The third kappa shape index (κ3) is 4.48. The largest absolute Gasteiger partial charge is 0.336 e. The van der Waals surface area contributed by atoms with Crippen molar-refractivity contribution in [2.24, 2.45) is 0 Å². The number of pyridine rings is 1. The standard InChI is InChI=1S/C22H25N5O3S/c28-22(17-4-8-20(9-5-17)31(29,30)24-18-6-7-18)26-13-11-25(12-14-26)15-19-16-27-10-2-1-3-21(27)23-19/h1-5,8-10,16,18,24H,6-7,11-15H2. The second-order valence-electron chi connectivity index (χ2n) is 8.19. The van der Waals surface area contributed by atoms with Gasteiger partial charge in [-0.3, -0.25) is 9.69 Å². The van der Waals surface area contributed by atoms with Gasteiger partial charge in [-0.25, -0.2) is 18.1 Å². The number of rotatable bonds is 6. The summed E-state index contributed by atoms with van der Waals surface area (Å²) in [6.07, 6.45) is 5.80. The zero-order chi connectivity index (χ0) is 21.4. The first-order valence-corrected chi connectivity index (χ1v) is 12.0. The molecular formula is C22H25N5O3S. The lowest BCUT2D eigenvalue weighted by Crippen LogP contribution is -2.48. The van der Waals surface area contributed by atoms with E-state index in [2.05, 4.69) is 14.6 Å². The summed E-state index contributed by atoms with van der Waals surface area (Å²) < 4.78 is 29.2. The molecule has 3 heterocycles. The Labute approximate surface area is 181 Å². The monoisotopic (exact) mass is 439 g/mol. The van der Waals surface area contributed by atoms with Gasteiger partial charge in [-0.1, -0.05) is 6.07 Å². The molecule has 1 saturated heterocycles. The molecule has 1 aliphatic carbocycles. The van der Waals surface area contributed by atoms with Gasteiger partial charge in [0.05, 0.1) is 10.6 Å². The number of carbonyl (C=O) groups excluding carboxylic acids is 1. The predicted molar refractivity (Wildman–Crippen MR) is 116 cm³/mol. The Hall–Kier alpha value is -2.75. The number of imidazole rings is 1. The summed E-state index contributed by atoms with van der Waals surface area (Å²) in [5.41, 5.74) is 2.46. The fourth-order valence-electron chi connectivity index (χ4n) is 3.85. The van der Waals surface area contributed by atoms with E-state index in [1.54, 1.807) is 12.1 Å². The van der Waals surface area contributed by atoms with Crippen molar-refractivity contribution in [2.45, 2.75) is 30.3 Å². The second-order valence-corrected chi connectivity index (χ2v) is 9.90. The number of piperazine rings is 1. The van der Waals surface area contributed by atoms with Gasteiger partial charge in [0.25, 0.3) is 5.91 Å². The number of hydrogen-bond acceptors (Lipinski definition) is 5. The topological polar surface area (TPSA) is 87.0 Å². The number of amides is 1. The molecule has 1 saturated carbocycles. The molecule has 1 N–H and O–H groups in total. The van der Waals surface area contributed by atoms with Crippen LogP contribution in [0, 0.1) is 0 Å². The van der Waals surface area contributed by atoms with Crippen molar-refractivity contribution in [3.63, 3.8) is 0 Å². The van der Waals surface area contributed by atoms with E-state index in [1.807, 2.05) is 39.9 Å². The smallest absolute Gasteiger partial charge is 0.253 e. The van der Waals surface area contributed by atoms with Crippen LogP contribution < -0.4 is 4.72 Å². The number of hydrogen-bond donors (Lipinski definition) is 1. The highest BCUT2D eigenvalue weighted by Gasteiger charge is 2.28. The molecule has 3 aromatic rings. The predicted octanol–water partition coefficient (Wildman–Crippen LogP) is 1.73. The van der Waals surface area contributed by atoms with Crippen molar-refractivity contribution in [2.75, 3.05) is 26.2 Å². The van der Waals surface area contributed by atoms with Crippen molar-refractivity contribution in [3.05, 3.63) is 66.1 Å². The Morgan fingerprint density at radius 3 is 2.45 bits per heavy atom. The second kappa shape index (κ2) is 8.07. The molecule has 0 spiro atoms. The van der Waals surface area contributed by atoms with Crippen LogP contribution in [0.3, 0.4) is 0 Å². The number of aromatic nitrogens is 2. The van der Waals surface area contributed by atoms with Crippen molar-refractivity contribution >= 4 is 21.6 Å². The summed E-state index contributed by atoms with van der Waals surface area (Å²) in [5, 5.41) is 0. The van der Waals surface area contributed by atoms with Gasteiger partial charge < -0.3 is 9.30 Å². The normalized spacial score (nSPS) is 17.9. The number of nitrogens with one attached hydrogen (secondary N) is 1. The van der Waals surface area contributed by atoms with Crippen molar-refractivity contribution < 1.29 is 13.2 Å². The van der Waals surface area contributed by atoms with Crippen LogP contribution in [0.25, 0.3) is 5.65 Å². The Bertz CT molecular complexity index is 1160. The van der Waals surface area contributed by atoms with Crippen LogP contribution in [0.5, 0.6) is 0 Å². The fourth-order valence-corrected chi connectivity index (χ4v) is 5.15. The number of fused-ring (bicyclic) bond motifs is 1. The van der Waals surface area contributed by atoms with Crippen LogP contribution in [0.15, 0.2) is 59.8 Å². The first-order valence-electron chi connectivity index (χ1n) is 10.5. The average Bonchev–Trinajstić information content (AvgIpc) is 3.49. The van der Waals surface area contributed by atoms with Gasteiger partial charge in [0, 0.05) is 56.7 Å². The molecule has 2 aromatic heterocycles. The zero-order valence-electron chi connectivity index (χ0n) is 17.1. The van der Waals surface area contributed by atoms with Crippen LogP contribution in [0.2, 0.25) is 0 Å². The highest BCUT2D eigenvalue weighted by Crippen LogP contribution is 2.22. The minimum atomic E-state index is -3.50. The molecule has 0 radical (unpaired) electrons. The van der Waals surface area contributed by atoms with E-state index < -0.39 is 10.0 Å². The summed E-state index contributed by atoms with van der Waals surface area (Å²) in [5.74, 6) is -0.0634. The van der Waals surface area contributed by atoms with Gasteiger partial charge in [-0.2, -0.15) is 0 Å². The maximum atomic E-state index is 12.9. The summed E-state index contributed by atoms with van der Waals surface area (Å²) in [4.78, 5) is 21.8. The third-order valence-electron chi connectivity index (χ3n) is 5.77. The Morgan fingerprint density at radius 1 is 1.03 bits per heavy atom. The quantitative estimate of drug-likeness (QED) is 0.632. The number of nitrogens with zero attached hydrogens (tertiary/aromatic N) is 4. The van der Waals surface area contributed by atoms with E-state index in [0.717, 1.165) is 43.8 Å². The highest BCUT2D eigenvalue weighted by atomic mass is 32.2.